The van der Waals surface area contributed by atoms with Gasteiger partial charge in [0, 0.05) is 41.6 Å². The van der Waals surface area contributed by atoms with Gasteiger partial charge >= 0.3 is 0 Å². The van der Waals surface area contributed by atoms with Crippen molar-refractivity contribution in [1.29, 1.82) is 0 Å². The number of amides is 2. The van der Waals surface area contributed by atoms with Gasteiger partial charge in [0.05, 0.1) is 5.41 Å². The van der Waals surface area contributed by atoms with Crippen LogP contribution in [0.25, 0.3) is 0 Å². The number of para-hydroxylation sites is 1. The van der Waals surface area contributed by atoms with Gasteiger partial charge in [0.2, 0.25) is 5.91 Å². The minimum absolute atomic E-state index is 0.00381. The van der Waals surface area contributed by atoms with E-state index in [4.69, 9.17) is 0 Å². The number of hydrogen-bond donors (Lipinski definition) is 2. The van der Waals surface area contributed by atoms with Crippen LogP contribution in [0.1, 0.15) is 35.6 Å². The van der Waals surface area contributed by atoms with Crippen LogP contribution in [0.2, 0.25) is 0 Å². The minimum Gasteiger partial charge on any atom is -0.356 e. The first kappa shape index (κ1) is 23.9. The van der Waals surface area contributed by atoms with Crippen LogP contribution >= 0.6 is 0 Å². The number of aliphatic imine (C=N–C) groups is 1. The first-order valence-electron chi connectivity index (χ1n) is 12.9. The molecule has 7 nitrogen and oxygen atoms in total. The molecule has 1 unspecified atom stereocenters. The van der Waals surface area contributed by atoms with Crippen molar-refractivity contribution in [3.05, 3.63) is 107 Å². The molecular weight excluding hydrogens is 474 g/mol. The Morgan fingerprint density at radius 3 is 2.84 bits per heavy atom. The maximum Gasteiger partial charge on any atom is 0.276 e. The van der Waals surface area contributed by atoms with Crippen LogP contribution in [-0.2, 0) is 34.3 Å². The third-order valence-corrected chi connectivity index (χ3v) is 7.64. The van der Waals surface area contributed by atoms with Gasteiger partial charge in [-0.25, -0.2) is 4.98 Å². The van der Waals surface area contributed by atoms with Crippen LogP contribution < -0.4 is 15.5 Å². The summed E-state index contributed by atoms with van der Waals surface area (Å²) in [5.74, 6) is 0.518. The minimum atomic E-state index is -0.609. The average Bonchev–Trinajstić information content (AvgIpc) is 3.44. The molecule has 38 heavy (non-hydrogen) atoms. The van der Waals surface area contributed by atoms with Gasteiger partial charge in [-0.1, -0.05) is 36.9 Å². The Morgan fingerprint density at radius 2 is 1.97 bits per heavy atom. The summed E-state index contributed by atoms with van der Waals surface area (Å²) in [6.45, 7) is 6.60. The van der Waals surface area contributed by atoms with Crippen LogP contribution in [0.3, 0.4) is 0 Å². The van der Waals surface area contributed by atoms with Crippen molar-refractivity contribution in [1.82, 2.24) is 4.98 Å². The molecular formula is C31H29N5O2. The van der Waals surface area contributed by atoms with Crippen molar-refractivity contribution in [3.63, 3.8) is 0 Å². The summed E-state index contributed by atoms with van der Waals surface area (Å²) in [5.41, 5.74) is 6.48. The molecule has 2 aromatic carbocycles. The number of nitrogens with zero attached hydrogens (tertiary/aromatic N) is 3. The molecule has 3 heterocycles. The van der Waals surface area contributed by atoms with Crippen LogP contribution in [0, 0.1) is 0 Å². The van der Waals surface area contributed by atoms with Crippen LogP contribution in [0.15, 0.2) is 89.8 Å². The average molecular weight is 504 g/mol. The molecule has 1 aliphatic carbocycles. The van der Waals surface area contributed by atoms with E-state index < -0.39 is 5.41 Å². The predicted molar refractivity (Wildman–Crippen MR) is 151 cm³/mol. The normalized spacial score (nSPS) is 19.8. The Bertz CT molecular complexity index is 1540. The van der Waals surface area contributed by atoms with E-state index in [1.54, 1.807) is 30.3 Å². The molecule has 0 saturated carbocycles. The highest BCUT2D eigenvalue weighted by Gasteiger charge is 2.51. The summed E-state index contributed by atoms with van der Waals surface area (Å²) >= 11 is 0. The van der Waals surface area contributed by atoms with E-state index in [0.29, 0.717) is 36.6 Å². The smallest absolute Gasteiger partial charge is 0.276 e. The first-order valence-corrected chi connectivity index (χ1v) is 12.9. The van der Waals surface area contributed by atoms with Gasteiger partial charge in [-0.05, 0) is 79.6 Å². The molecule has 2 N–H and O–H groups in total. The van der Waals surface area contributed by atoms with E-state index in [9.17, 15) is 9.59 Å². The number of benzene rings is 2. The van der Waals surface area contributed by atoms with Crippen molar-refractivity contribution in [2.75, 3.05) is 22.1 Å². The van der Waals surface area contributed by atoms with Crippen LogP contribution in [-0.4, -0.2) is 29.6 Å². The number of carbonyl (C=O) groups is 2. The molecule has 190 valence electrons. The van der Waals surface area contributed by atoms with E-state index in [1.165, 1.54) is 5.56 Å². The lowest BCUT2D eigenvalue weighted by atomic mass is 9.79. The number of rotatable bonds is 5. The lowest BCUT2D eigenvalue weighted by Crippen LogP contribution is -2.36. The number of anilines is 3. The van der Waals surface area contributed by atoms with Crippen LogP contribution in [0.5, 0.6) is 0 Å². The molecule has 1 atom stereocenters. The van der Waals surface area contributed by atoms with Gasteiger partial charge in [0.1, 0.15) is 11.5 Å². The lowest BCUT2D eigenvalue weighted by molar-refractivity contribution is -0.120. The maximum absolute atomic E-state index is 13.5. The van der Waals surface area contributed by atoms with Gasteiger partial charge in [-0.3, -0.25) is 14.6 Å². The molecule has 0 radical (unpaired) electrons. The number of aryl methyl sites for hydroxylation is 1. The molecule has 2 aliphatic heterocycles. The van der Waals surface area contributed by atoms with E-state index in [0.717, 1.165) is 40.9 Å². The predicted octanol–water partition coefficient (Wildman–Crippen LogP) is 4.95. The number of carbonyl (C=O) groups excluding carboxylic acids is 2. The molecule has 1 spiro atoms. The van der Waals surface area contributed by atoms with Crippen molar-refractivity contribution < 1.29 is 9.59 Å². The summed E-state index contributed by atoms with van der Waals surface area (Å²) in [7, 11) is 0. The Hall–Kier alpha value is -4.52. The fraction of sp³-hybridized carbons (Fsp3) is 0.226. The fourth-order valence-electron chi connectivity index (χ4n) is 5.91. The van der Waals surface area contributed by atoms with Crippen molar-refractivity contribution >= 4 is 35.2 Å². The van der Waals surface area contributed by atoms with E-state index in [2.05, 4.69) is 45.4 Å². The lowest BCUT2D eigenvalue weighted by Gasteiger charge is -2.29. The Morgan fingerprint density at radius 1 is 1.13 bits per heavy atom. The molecule has 1 aromatic heterocycles. The monoisotopic (exact) mass is 503 g/mol. The van der Waals surface area contributed by atoms with Gasteiger partial charge < -0.3 is 15.5 Å². The number of hydrogen-bond acceptors (Lipinski definition) is 5. The summed E-state index contributed by atoms with van der Waals surface area (Å²) in [5, 5.41) is 6.27. The zero-order valence-electron chi connectivity index (χ0n) is 21.3. The zero-order valence-corrected chi connectivity index (χ0v) is 21.3. The number of aromatic nitrogens is 1. The van der Waals surface area contributed by atoms with Crippen molar-refractivity contribution in [3.8, 4) is 0 Å². The highest BCUT2D eigenvalue weighted by molar-refractivity contribution is 6.07. The molecule has 0 bridgehead atoms. The molecule has 2 amide bonds. The highest BCUT2D eigenvalue weighted by atomic mass is 16.2. The van der Waals surface area contributed by atoms with E-state index in [-0.39, 0.29) is 11.8 Å². The standard InChI is InChI=1S/C31H29N5O2/c1-3-32-26(29(37)36-15-7-9-21-8-4-5-11-27(21)36)16-20(2)34-24-13-12-22-18-31(19-23(22)17-24)25-10-6-14-33-28(25)35-30(31)38/h3-6,8,10-14,16-17,34H,2,7,9,15,18-19H2,1H3,(H,33,35,38)/b26-16-,32-3?. The largest absolute Gasteiger partial charge is 0.356 e. The molecule has 0 fully saturated rings. The second kappa shape index (κ2) is 9.41. The zero-order chi connectivity index (χ0) is 26.3. The highest BCUT2D eigenvalue weighted by Crippen LogP contribution is 2.47. The third-order valence-electron chi connectivity index (χ3n) is 7.64. The fourth-order valence-corrected chi connectivity index (χ4v) is 5.91. The number of pyridine rings is 1. The van der Waals surface area contributed by atoms with E-state index >= 15 is 0 Å². The molecule has 3 aromatic rings. The number of nitrogens with one attached hydrogen (secondary N) is 2. The van der Waals surface area contributed by atoms with Crippen molar-refractivity contribution in [2.24, 2.45) is 4.99 Å². The third kappa shape index (κ3) is 4.00. The number of fused-ring (bicyclic) bond motifs is 4. The summed E-state index contributed by atoms with van der Waals surface area (Å²) in [6, 6.07) is 18.0. The van der Waals surface area contributed by atoms with Crippen molar-refractivity contribution in [2.45, 2.75) is 38.0 Å². The second-order valence-corrected chi connectivity index (χ2v) is 10.0. The topological polar surface area (TPSA) is 86.7 Å². The molecule has 0 saturated heterocycles. The van der Waals surface area contributed by atoms with Gasteiger partial charge in [0.25, 0.3) is 5.91 Å². The number of allylic oxidation sites excluding steroid dienone is 1. The quantitative estimate of drug-likeness (QED) is 0.293. The maximum atomic E-state index is 13.5. The molecule has 6 rings (SSSR count). The molecule has 7 heteroatoms. The van der Waals surface area contributed by atoms with Crippen LogP contribution in [0.4, 0.5) is 17.2 Å². The van der Waals surface area contributed by atoms with Gasteiger partial charge in [-0.2, -0.15) is 0 Å². The summed E-state index contributed by atoms with van der Waals surface area (Å²) in [4.78, 5) is 37.0. The Kier molecular flexibility index (Phi) is 5.91. The Balaban J connectivity index is 1.22. The SMILES string of the molecule is C=C(/C=C(\N=CC)C(=O)N1CCCc2ccccc21)Nc1ccc2c(c1)CC1(C2)C(=O)Nc2ncccc21. The summed E-state index contributed by atoms with van der Waals surface area (Å²) < 4.78 is 0. The second-order valence-electron chi connectivity index (χ2n) is 10.0. The summed E-state index contributed by atoms with van der Waals surface area (Å²) in [6.07, 6.45) is 8.17. The molecule has 3 aliphatic rings. The van der Waals surface area contributed by atoms with Gasteiger partial charge in [0.15, 0.2) is 0 Å². The first-order chi connectivity index (χ1) is 18.5. The Labute approximate surface area is 222 Å². The van der Waals surface area contributed by atoms with E-state index in [1.807, 2.05) is 36.4 Å². The van der Waals surface area contributed by atoms with Gasteiger partial charge in [-0.15, -0.1) is 0 Å².